The van der Waals surface area contributed by atoms with Gasteiger partial charge in [-0.2, -0.15) is 5.10 Å². The molecule has 29 heavy (non-hydrogen) atoms. The molecule has 0 bridgehead atoms. The number of anilines is 1. The largest absolute Gasteiger partial charge is 0.494 e. The molecule has 4 rings (SSSR count). The molecule has 0 aliphatic heterocycles. The standard InChI is InChI=1S/C23H18FN3OS/c1-28-22-12-11-19(13-20(22)24)17-9-7-16(8-10-17)14-25-27-23-26-21(15-29-23)18-5-3-2-4-6-18/h2-15H,1H3,(H,26,27). The zero-order valence-corrected chi connectivity index (χ0v) is 16.5. The lowest BCUT2D eigenvalue weighted by Crippen LogP contribution is -1.91. The number of ether oxygens (including phenoxy) is 1. The van der Waals surface area contributed by atoms with Gasteiger partial charge in [-0.3, -0.25) is 5.43 Å². The number of aromatic nitrogens is 1. The number of hydrazone groups is 1. The Balaban J connectivity index is 1.41. The van der Waals surface area contributed by atoms with Crippen molar-refractivity contribution in [3.8, 4) is 28.1 Å². The molecule has 0 aliphatic rings. The summed E-state index contributed by atoms with van der Waals surface area (Å²) in [6.07, 6.45) is 1.72. The van der Waals surface area contributed by atoms with Crippen LogP contribution in [0.1, 0.15) is 5.56 Å². The fourth-order valence-electron chi connectivity index (χ4n) is 2.84. The first-order valence-corrected chi connectivity index (χ1v) is 9.85. The Hall–Kier alpha value is -3.51. The Morgan fingerprint density at radius 2 is 1.72 bits per heavy atom. The van der Waals surface area contributed by atoms with Crippen LogP contribution < -0.4 is 10.2 Å². The van der Waals surface area contributed by atoms with Crippen molar-refractivity contribution in [3.63, 3.8) is 0 Å². The molecule has 0 fully saturated rings. The van der Waals surface area contributed by atoms with E-state index in [1.54, 1.807) is 12.3 Å². The third-order valence-electron chi connectivity index (χ3n) is 4.34. The molecule has 0 radical (unpaired) electrons. The van der Waals surface area contributed by atoms with Gasteiger partial charge in [-0.15, -0.1) is 11.3 Å². The van der Waals surface area contributed by atoms with E-state index in [9.17, 15) is 4.39 Å². The average Bonchev–Trinajstić information content (AvgIpc) is 3.24. The van der Waals surface area contributed by atoms with Crippen molar-refractivity contribution >= 4 is 22.7 Å². The molecule has 144 valence electrons. The van der Waals surface area contributed by atoms with E-state index in [1.165, 1.54) is 24.5 Å². The van der Waals surface area contributed by atoms with Crippen LogP contribution in [0.5, 0.6) is 5.75 Å². The minimum Gasteiger partial charge on any atom is -0.494 e. The number of nitrogens with zero attached hydrogens (tertiary/aromatic N) is 2. The number of nitrogens with one attached hydrogen (secondary N) is 1. The third kappa shape index (κ3) is 4.50. The normalized spacial score (nSPS) is 11.0. The Morgan fingerprint density at radius 3 is 2.45 bits per heavy atom. The summed E-state index contributed by atoms with van der Waals surface area (Å²) in [7, 11) is 1.45. The van der Waals surface area contributed by atoms with Gasteiger partial charge < -0.3 is 4.74 Å². The molecule has 0 saturated heterocycles. The van der Waals surface area contributed by atoms with Crippen LogP contribution in [0.3, 0.4) is 0 Å². The molecule has 4 nitrogen and oxygen atoms in total. The Bertz CT molecular complexity index is 1120. The molecule has 0 spiro atoms. The van der Waals surface area contributed by atoms with Gasteiger partial charge >= 0.3 is 0 Å². The predicted octanol–water partition coefficient (Wildman–Crippen LogP) is 6.07. The Kier molecular flexibility index (Phi) is 5.63. The van der Waals surface area contributed by atoms with Gasteiger partial charge in [0.2, 0.25) is 5.13 Å². The first-order valence-electron chi connectivity index (χ1n) is 8.97. The Morgan fingerprint density at radius 1 is 0.966 bits per heavy atom. The van der Waals surface area contributed by atoms with Gasteiger partial charge in [0.25, 0.3) is 0 Å². The molecule has 0 unspecified atom stereocenters. The van der Waals surface area contributed by atoms with Crippen LogP contribution in [-0.2, 0) is 0 Å². The molecule has 0 atom stereocenters. The summed E-state index contributed by atoms with van der Waals surface area (Å²) >= 11 is 1.50. The van der Waals surface area contributed by atoms with E-state index in [4.69, 9.17) is 4.74 Å². The maximum atomic E-state index is 13.9. The summed E-state index contributed by atoms with van der Waals surface area (Å²) in [4.78, 5) is 4.54. The second-order valence-corrected chi connectivity index (χ2v) is 7.10. The lowest BCUT2D eigenvalue weighted by Gasteiger charge is -2.06. The minimum absolute atomic E-state index is 0.237. The fraction of sp³-hybridized carbons (Fsp3) is 0.0435. The highest BCUT2D eigenvalue weighted by Gasteiger charge is 2.05. The molecule has 3 aromatic carbocycles. The smallest absolute Gasteiger partial charge is 0.203 e. The van der Waals surface area contributed by atoms with Crippen LogP contribution >= 0.6 is 11.3 Å². The van der Waals surface area contributed by atoms with E-state index in [1.807, 2.05) is 66.0 Å². The van der Waals surface area contributed by atoms with Crippen molar-refractivity contribution in [2.75, 3.05) is 12.5 Å². The van der Waals surface area contributed by atoms with E-state index in [2.05, 4.69) is 15.5 Å². The summed E-state index contributed by atoms with van der Waals surface area (Å²) in [5.74, 6) is -0.139. The average molecular weight is 403 g/mol. The maximum Gasteiger partial charge on any atom is 0.203 e. The first-order chi connectivity index (χ1) is 14.2. The van der Waals surface area contributed by atoms with Crippen molar-refractivity contribution in [1.82, 2.24) is 4.98 Å². The molecule has 0 saturated carbocycles. The van der Waals surface area contributed by atoms with Crippen LogP contribution in [0.2, 0.25) is 0 Å². The number of methoxy groups -OCH3 is 1. The topological polar surface area (TPSA) is 46.5 Å². The molecule has 0 amide bonds. The molecule has 4 aromatic rings. The van der Waals surface area contributed by atoms with E-state index in [0.29, 0.717) is 0 Å². The van der Waals surface area contributed by atoms with E-state index in [-0.39, 0.29) is 11.6 Å². The maximum absolute atomic E-state index is 13.9. The molecular weight excluding hydrogens is 385 g/mol. The molecule has 6 heteroatoms. The number of hydrogen-bond donors (Lipinski definition) is 1. The quantitative estimate of drug-likeness (QED) is 0.314. The SMILES string of the molecule is COc1ccc(-c2ccc(C=NNc3nc(-c4ccccc4)cs3)cc2)cc1F. The van der Waals surface area contributed by atoms with Crippen molar-refractivity contribution in [3.05, 3.63) is 89.6 Å². The fourth-order valence-corrected chi connectivity index (χ4v) is 3.50. The second-order valence-electron chi connectivity index (χ2n) is 6.25. The highest BCUT2D eigenvalue weighted by molar-refractivity contribution is 7.14. The molecule has 1 heterocycles. The van der Waals surface area contributed by atoms with Crippen LogP contribution in [0.4, 0.5) is 9.52 Å². The second kappa shape index (κ2) is 8.67. The number of halogens is 1. The van der Waals surface area contributed by atoms with Crippen LogP contribution in [-0.4, -0.2) is 18.3 Å². The van der Waals surface area contributed by atoms with E-state index < -0.39 is 0 Å². The van der Waals surface area contributed by atoms with E-state index in [0.717, 1.165) is 33.1 Å². The highest BCUT2D eigenvalue weighted by atomic mass is 32.1. The molecular formula is C23H18FN3OS. The van der Waals surface area contributed by atoms with Crippen molar-refractivity contribution in [1.29, 1.82) is 0 Å². The summed E-state index contributed by atoms with van der Waals surface area (Å²) in [6.45, 7) is 0. The molecule has 1 N–H and O–H groups in total. The number of hydrogen-bond acceptors (Lipinski definition) is 5. The van der Waals surface area contributed by atoms with Gasteiger partial charge in [-0.05, 0) is 28.8 Å². The molecule has 1 aromatic heterocycles. The summed E-state index contributed by atoms with van der Waals surface area (Å²) in [5.41, 5.74) is 7.60. The van der Waals surface area contributed by atoms with E-state index >= 15 is 0 Å². The monoisotopic (exact) mass is 403 g/mol. The predicted molar refractivity (Wildman–Crippen MR) is 117 cm³/mol. The van der Waals surface area contributed by atoms with Crippen LogP contribution in [0.15, 0.2) is 83.3 Å². The highest BCUT2D eigenvalue weighted by Crippen LogP contribution is 2.26. The van der Waals surface area contributed by atoms with Gasteiger partial charge in [0.1, 0.15) is 0 Å². The van der Waals surface area contributed by atoms with Gasteiger partial charge in [-0.1, -0.05) is 60.7 Å². The minimum atomic E-state index is -0.377. The lowest BCUT2D eigenvalue weighted by molar-refractivity contribution is 0.386. The van der Waals surface area contributed by atoms with Gasteiger partial charge in [0.15, 0.2) is 11.6 Å². The summed E-state index contributed by atoms with van der Waals surface area (Å²) < 4.78 is 18.9. The molecule has 0 aliphatic carbocycles. The van der Waals surface area contributed by atoms with Gasteiger partial charge in [-0.25, -0.2) is 9.37 Å². The van der Waals surface area contributed by atoms with Crippen molar-refractivity contribution < 1.29 is 9.13 Å². The summed E-state index contributed by atoms with van der Waals surface area (Å²) in [6, 6.07) is 22.7. The number of rotatable bonds is 6. The van der Waals surface area contributed by atoms with Gasteiger partial charge in [0, 0.05) is 10.9 Å². The van der Waals surface area contributed by atoms with Gasteiger partial charge in [0.05, 0.1) is 19.0 Å². The number of benzene rings is 3. The van der Waals surface area contributed by atoms with Crippen molar-refractivity contribution in [2.45, 2.75) is 0 Å². The zero-order valence-electron chi connectivity index (χ0n) is 15.7. The third-order valence-corrected chi connectivity index (χ3v) is 5.09. The number of thiazole rings is 1. The van der Waals surface area contributed by atoms with Crippen LogP contribution in [0.25, 0.3) is 22.4 Å². The zero-order chi connectivity index (χ0) is 20.1. The van der Waals surface area contributed by atoms with Crippen LogP contribution in [0, 0.1) is 5.82 Å². The first kappa shape index (κ1) is 18.8. The lowest BCUT2D eigenvalue weighted by atomic mass is 10.0. The Labute approximate surface area is 172 Å². The van der Waals surface area contributed by atoms with Crippen molar-refractivity contribution in [2.24, 2.45) is 5.10 Å². The summed E-state index contributed by atoms with van der Waals surface area (Å²) in [5, 5.41) is 6.98.